The van der Waals surface area contributed by atoms with Crippen molar-refractivity contribution < 1.29 is 23.1 Å². The summed E-state index contributed by atoms with van der Waals surface area (Å²) in [6.45, 7) is 1.62. The third-order valence-electron chi connectivity index (χ3n) is 2.67. The summed E-state index contributed by atoms with van der Waals surface area (Å²) in [5.41, 5.74) is 0.112. The smallest absolute Gasteiger partial charge is 0.330 e. The molecule has 0 saturated heterocycles. The van der Waals surface area contributed by atoms with Crippen LogP contribution in [0.4, 0.5) is 8.78 Å². The largest absolute Gasteiger partial charge is 0.466 e. The Kier molecular flexibility index (Phi) is 5.83. The van der Waals surface area contributed by atoms with Gasteiger partial charge in [-0.05, 0) is 13.0 Å². The summed E-state index contributed by atoms with van der Waals surface area (Å²) in [5.74, 6) is -3.18. The average molecular weight is 283 g/mol. The van der Waals surface area contributed by atoms with Crippen molar-refractivity contribution in [2.45, 2.75) is 12.8 Å². The fourth-order valence-corrected chi connectivity index (χ4v) is 1.53. The first-order chi connectivity index (χ1) is 9.45. The number of amides is 1. The number of carbonyl (C=O) groups is 2. The molecule has 0 spiro atoms. The number of ether oxygens (including phenoxy) is 1. The van der Waals surface area contributed by atoms with Crippen LogP contribution < -0.4 is 5.32 Å². The zero-order valence-corrected chi connectivity index (χ0v) is 11.2. The quantitative estimate of drug-likeness (QED) is 0.663. The van der Waals surface area contributed by atoms with Crippen LogP contribution in [0.25, 0.3) is 0 Å². The third-order valence-corrected chi connectivity index (χ3v) is 2.67. The molecule has 1 N–H and O–H groups in total. The fourth-order valence-electron chi connectivity index (χ4n) is 1.53. The van der Waals surface area contributed by atoms with Gasteiger partial charge in [-0.15, -0.1) is 0 Å². The Labute approximate surface area is 115 Å². The van der Waals surface area contributed by atoms with Crippen molar-refractivity contribution in [1.82, 2.24) is 5.32 Å². The molecular weight excluding hydrogens is 268 g/mol. The van der Waals surface area contributed by atoms with Gasteiger partial charge in [-0.3, -0.25) is 4.79 Å². The molecule has 0 saturated carbocycles. The van der Waals surface area contributed by atoms with Crippen LogP contribution in [0.1, 0.15) is 18.4 Å². The molecule has 0 aliphatic carbocycles. The second kappa shape index (κ2) is 7.37. The van der Waals surface area contributed by atoms with Crippen LogP contribution in [0.15, 0.2) is 30.4 Å². The predicted molar refractivity (Wildman–Crippen MR) is 68.9 cm³/mol. The molecule has 1 amide bonds. The highest BCUT2D eigenvalue weighted by molar-refractivity contribution is 5.84. The van der Waals surface area contributed by atoms with Crippen molar-refractivity contribution in [3.05, 3.63) is 47.5 Å². The molecule has 1 atom stereocenters. The van der Waals surface area contributed by atoms with Gasteiger partial charge in [0.1, 0.15) is 11.6 Å². The molecule has 0 aliphatic rings. The maximum Gasteiger partial charge on any atom is 0.330 e. The van der Waals surface area contributed by atoms with Crippen LogP contribution in [0.2, 0.25) is 0 Å². The first-order valence-corrected chi connectivity index (χ1v) is 5.93. The van der Waals surface area contributed by atoms with Gasteiger partial charge in [0.05, 0.1) is 13.0 Å². The Balaban J connectivity index is 2.59. The lowest BCUT2D eigenvalue weighted by Crippen LogP contribution is -2.28. The van der Waals surface area contributed by atoms with Crippen molar-refractivity contribution >= 4 is 11.9 Å². The highest BCUT2D eigenvalue weighted by Gasteiger charge is 2.18. The minimum Gasteiger partial charge on any atom is -0.466 e. The number of hydrogen-bond donors (Lipinski definition) is 1. The lowest BCUT2D eigenvalue weighted by Gasteiger charge is -2.12. The Morgan fingerprint density at radius 3 is 2.70 bits per heavy atom. The van der Waals surface area contributed by atoms with Crippen LogP contribution in [0.3, 0.4) is 0 Å². The zero-order chi connectivity index (χ0) is 15.1. The number of hydrogen-bond acceptors (Lipinski definition) is 3. The van der Waals surface area contributed by atoms with Crippen molar-refractivity contribution in [2.24, 2.45) is 0 Å². The van der Waals surface area contributed by atoms with Crippen molar-refractivity contribution in [1.29, 1.82) is 0 Å². The first-order valence-electron chi connectivity index (χ1n) is 5.93. The van der Waals surface area contributed by atoms with Crippen LogP contribution >= 0.6 is 0 Å². The van der Waals surface area contributed by atoms with Gasteiger partial charge >= 0.3 is 5.97 Å². The van der Waals surface area contributed by atoms with Gasteiger partial charge in [0.2, 0.25) is 5.91 Å². The first kappa shape index (κ1) is 15.8. The molecule has 1 rings (SSSR count). The van der Waals surface area contributed by atoms with E-state index in [0.717, 1.165) is 12.1 Å². The average Bonchev–Trinajstić information content (AvgIpc) is 2.42. The van der Waals surface area contributed by atoms with Gasteiger partial charge in [-0.1, -0.05) is 12.1 Å². The van der Waals surface area contributed by atoms with Gasteiger partial charge in [-0.2, -0.15) is 0 Å². The maximum absolute atomic E-state index is 13.5. The minimum absolute atomic E-state index is 0.112. The van der Waals surface area contributed by atoms with E-state index in [2.05, 4.69) is 10.1 Å². The summed E-state index contributed by atoms with van der Waals surface area (Å²) in [5, 5.41) is 2.51. The highest BCUT2D eigenvalue weighted by Crippen LogP contribution is 2.19. The van der Waals surface area contributed by atoms with Gasteiger partial charge in [0.25, 0.3) is 0 Å². The minimum atomic E-state index is -0.766. The van der Waals surface area contributed by atoms with Gasteiger partial charge in [0, 0.05) is 24.3 Å². The monoisotopic (exact) mass is 283 g/mol. The molecule has 6 heteroatoms. The molecule has 108 valence electrons. The van der Waals surface area contributed by atoms with Crippen LogP contribution in [0.5, 0.6) is 0 Å². The van der Waals surface area contributed by atoms with Crippen molar-refractivity contribution in [3.8, 4) is 0 Å². The van der Waals surface area contributed by atoms with Gasteiger partial charge in [-0.25, -0.2) is 13.6 Å². The van der Waals surface area contributed by atoms with Crippen LogP contribution in [-0.2, 0) is 14.3 Å². The summed E-state index contributed by atoms with van der Waals surface area (Å²) < 4.78 is 30.7. The van der Waals surface area contributed by atoms with Gasteiger partial charge in [0.15, 0.2) is 0 Å². The summed E-state index contributed by atoms with van der Waals surface area (Å²) in [4.78, 5) is 22.6. The van der Waals surface area contributed by atoms with E-state index in [-0.39, 0.29) is 12.1 Å². The predicted octanol–water partition coefficient (Wildman–Crippen LogP) is 1.91. The summed E-state index contributed by atoms with van der Waals surface area (Å²) in [7, 11) is 1.24. The molecule has 20 heavy (non-hydrogen) atoms. The fraction of sp³-hybridized carbons (Fsp3) is 0.286. The Hall–Kier alpha value is -2.24. The van der Waals surface area contributed by atoms with Crippen molar-refractivity contribution in [3.63, 3.8) is 0 Å². The number of halogens is 2. The number of benzene rings is 1. The number of carbonyl (C=O) groups excluding carboxylic acids is 2. The third kappa shape index (κ3) is 4.46. The Bertz CT molecular complexity index is 529. The number of methoxy groups -OCH3 is 1. The number of nitrogens with one attached hydrogen (secondary N) is 1. The molecule has 1 unspecified atom stereocenters. The second-order valence-electron chi connectivity index (χ2n) is 4.06. The summed E-state index contributed by atoms with van der Waals surface area (Å²) >= 11 is 0. The number of esters is 1. The molecule has 0 heterocycles. The SMILES string of the molecule is COC(=O)/C=C/CNC(=O)C(C)c1ccc(F)cc1F. The van der Waals surface area contributed by atoms with E-state index in [9.17, 15) is 18.4 Å². The van der Waals surface area contributed by atoms with E-state index in [4.69, 9.17) is 0 Å². The zero-order valence-electron chi connectivity index (χ0n) is 11.2. The number of rotatable bonds is 5. The van der Waals surface area contributed by atoms with Crippen LogP contribution in [-0.4, -0.2) is 25.5 Å². The highest BCUT2D eigenvalue weighted by atomic mass is 19.1. The van der Waals surface area contributed by atoms with Gasteiger partial charge < -0.3 is 10.1 Å². The molecule has 0 fully saturated rings. The van der Waals surface area contributed by atoms with E-state index in [1.165, 1.54) is 32.3 Å². The molecule has 1 aromatic rings. The normalized spacial score (nSPS) is 12.2. The Morgan fingerprint density at radius 2 is 2.10 bits per heavy atom. The standard InChI is InChI=1S/C14H15F2NO3/c1-9(11-6-5-10(15)8-12(11)16)14(19)17-7-3-4-13(18)20-2/h3-6,8-9H,7H2,1-2H3,(H,17,19)/b4-3+. The molecule has 0 aliphatic heterocycles. The van der Waals surface area contributed by atoms with E-state index >= 15 is 0 Å². The van der Waals surface area contributed by atoms with E-state index in [1.54, 1.807) is 0 Å². The lowest BCUT2D eigenvalue weighted by molar-refractivity contribution is -0.134. The van der Waals surface area contributed by atoms with E-state index in [1.807, 2.05) is 0 Å². The van der Waals surface area contributed by atoms with E-state index in [0.29, 0.717) is 0 Å². The molecule has 0 aromatic heterocycles. The molecule has 4 nitrogen and oxygen atoms in total. The molecule has 0 radical (unpaired) electrons. The van der Waals surface area contributed by atoms with Crippen molar-refractivity contribution in [2.75, 3.05) is 13.7 Å². The Morgan fingerprint density at radius 1 is 1.40 bits per heavy atom. The molecular formula is C14H15F2NO3. The summed E-state index contributed by atoms with van der Waals surface area (Å²) in [6.07, 6.45) is 2.58. The topological polar surface area (TPSA) is 55.4 Å². The maximum atomic E-state index is 13.5. The summed E-state index contributed by atoms with van der Waals surface area (Å²) in [6, 6.07) is 3.06. The molecule has 0 bridgehead atoms. The molecule has 1 aromatic carbocycles. The second-order valence-corrected chi connectivity index (χ2v) is 4.06. The van der Waals surface area contributed by atoms with Crippen LogP contribution in [0, 0.1) is 11.6 Å². The van der Waals surface area contributed by atoms with E-state index < -0.39 is 29.4 Å². The lowest BCUT2D eigenvalue weighted by atomic mass is 9.99.